The van der Waals surface area contributed by atoms with Crippen LogP contribution >= 0.6 is 15.9 Å². The third-order valence-electron chi connectivity index (χ3n) is 5.22. The van der Waals surface area contributed by atoms with Crippen LogP contribution in [-0.4, -0.2) is 17.9 Å². The Kier molecular flexibility index (Phi) is 23.2. The third kappa shape index (κ3) is 19.6. The van der Waals surface area contributed by atoms with Crippen LogP contribution in [0.4, 0.5) is 0 Å². The van der Waals surface area contributed by atoms with E-state index in [1.54, 1.807) is 12.1 Å². The quantitative estimate of drug-likeness (QED) is 0.0668. The van der Waals surface area contributed by atoms with Crippen molar-refractivity contribution in [3.63, 3.8) is 0 Å². The fourth-order valence-electron chi connectivity index (χ4n) is 3.40. The molecule has 0 aliphatic heterocycles. The smallest absolute Gasteiger partial charge is 0.281 e. The van der Waals surface area contributed by atoms with E-state index in [-0.39, 0.29) is 23.0 Å². The Labute approximate surface area is 209 Å². The van der Waals surface area contributed by atoms with Gasteiger partial charge in [0.15, 0.2) is 0 Å². The molecule has 0 heterocycles. The summed E-state index contributed by atoms with van der Waals surface area (Å²) < 4.78 is 5.26. The van der Waals surface area contributed by atoms with Gasteiger partial charge in [-0.2, -0.15) is 30.3 Å². The summed E-state index contributed by atoms with van der Waals surface area (Å²) in [5, 5.41) is 1.16. The van der Waals surface area contributed by atoms with Gasteiger partial charge in [-0.3, -0.25) is 4.79 Å². The second kappa shape index (κ2) is 23.8. The molecule has 2 aromatic rings. The average molecular weight is 533 g/mol. The molecule has 0 bridgehead atoms. The van der Waals surface area contributed by atoms with Crippen LogP contribution in [0, 0.1) is 0 Å². The molecule has 0 unspecified atom stereocenters. The number of rotatable bonds is 17. The molecular formula is C27H41BrFeO2-2. The van der Waals surface area contributed by atoms with Gasteiger partial charge in [0.25, 0.3) is 5.97 Å². The summed E-state index contributed by atoms with van der Waals surface area (Å²) in [7, 11) is 0. The molecule has 0 aliphatic rings. The van der Waals surface area contributed by atoms with Crippen LogP contribution in [0.5, 0.6) is 0 Å². The van der Waals surface area contributed by atoms with E-state index in [2.05, 4.69) is 15.9 Å². The number of alkyl halides is 1. The van der Waals surface area contributed by atoms with Crippen molar-refractivity contribution in [2.24, 2.45) is 0 Å². The van der Waals surface area contributed by atoms with Gasteiger partial charge in [0.2, 0.25) is 0 Å². The van der Waals surface area contributed by atoms with Gasteiger partial charge < -0.3 is 4.74 Å². The number of hydrogen-bond acceptors (Lipinski definition) is 2. The first kappa shape index (κ1) is 30.2. The Hall–Kier alpha value is -0.831. The van der Waals surface area contributed by atoms with Crippen LogP contribution in [0.2, 0.25) is 0 Å². The Bertz CT molecular complexity index is 549. The standard InChI is InChI=1S/C22H36BrO2.C5H5.Fe/c23-19-15-11-9-7-5-3-1-2-4-6-8-10-12-16-20-25-22(24)21-17-13-14-18-21;1-2-4-5-3-1;/h13-14,17-18H,1-12,15-16,19-20H2;1-5H;/q2*-1;. The maximum atomic E-state index is 11.6. The predicted octanol–water partition coefficient (Wildman–Crippen LogP) is 8.82. The minimum atomic E-state index is -0.187. The molecule has 4 heteroatoms. The first-order valence-corrected chi connectivity index (χ1v) is 13.1. The largest absolute Gasteiger partial charge is 0.471 e. The summed E-state index contributed by atoms with van der Waals surface area (Å²) in [6.45, 7) is 0.555. The molecule has 2 nitrogen and oxygen atoms in total. The Morgan fingerprint density at radius 1 is 0.677 bits per heavy atom. The molecule has 0 amide bonds. The molecule has 2 rings (SSSR count). The van der Waals surface area contributed by atoms with E-state index < -0.39 is 0 Å². The minimum absolute atomic E-state index is 0. The monoisotopic (exact) mass is 532 g/mol. The number of carbonyl (C=O) groups is 1. The van der Waals surface area contributed by atoms with E-state index in [1.807, 2.05) is 42.5 Å². The van der Waals surface area contributed by atoms with Crippen LogP contribution in [0.15, 0.2) is 54.6 Å². The van der Waals surface area contributed by atoms with Gasteiger partial charge in [-0.25, -0.2) is 24.3 Å². The molecule has 0 saturated carbocycles. The number of unbranched alkanes of at least 4 members (excludes halogenated alkanes) is 13. The van der Waals surface area contributed by atoms with Gasteiger partial charge in [0.05, 0.1) is 6.61 Å². The second-order valence-electron chi connectivity index (χ2n) is 7.91. The van der Waals surface area contributed by atoms with Gasteiger partial charge in [0, 0.05) is 22.4 Å². The van der Waals surface area contributed by atoms with Crippen LogP contribution < -0.4 is 0 Å². The molecule has 0 spiro atoms. The van der Waals surface area contributed by atoms with Gasteiger partial charge in [-0.1, -0.05) is 98.5 Å². The Morgan fingerprint density at radius 2 is 1.10 bits per heavy atom. The summed E-state index contributed by atoms with van der Waals surface area (Å²) >= 11 is 3.48. The van der Waals surface area contributed by atoms with Crippen LogP contribution in [0.3, 0.4) is 0 Å². The topological polar surface area (TPSA) is 26.3 Å². The summed E-state index contributed by atoms with van der Waals surface area (Å²) in [6.07, 6.45) is 18.7. The first-order chi connectivity index (χ1) is 14.8. The Morgan fingerprint density at radius 3 is 1.48 bits per heavy atom. The fourth-order valence-corrected chi connectivity index (χ4v) is 3.79. The molecule has 178 valence electrons. The molecule has 0 N–H and O–H groups in total. The molecule has 31 heavy (non-hydrogen) atoms. The molecule has 0 atom stereocenters. The van der Waals surface area contributed by atoms with E-state index in [9.17, 15) is 4.79 Å². The molecule has 0 aromatic heterocycles. The minimum Gasteiger partial charge on any atom is -0.471 e. The van der Waals surface area contributed by atoms with Crippen molar-refractivity contribution in [3.05, 3.63) is 60.2 Å². The molecule has 0 saturated heterocycles. The fraction of sp³-hybridized carbons (Fsp3) is 0.593. The molecule has 0 radical (unpaired) electrons. The van der Waals surface area contributed by atoms with E-state index in [4.69, 9.17) is 4.74 Å². The number of hydrogen-bond donors (Lipinski definition) is 0. The molecule has 0 aliphatic carbocycles. The summed E-state index contributed by atoms with van der Waals surface area (Å²) in [5.74, 6) is -0.187. The van der Waals surface area contributed by atoms with Gasteiger partial charge in [-0.15, -0.1) is 0 Å². The van der Waals surface area contributed by atoms with Crippen LogP contribution in [0.1, 0.15) is 100 Å². The first-order valence-electron chi connectivity index (χ1n) is 12.0. The number of halogens is 1. The van der Waals surface area contributed by atoms with Crippen molar-refractivity contribution in [3.8, 4) is 0 Å². The van der Waals surface area contributed by atoms with E-state index in [0.717, 1.165) is 11.8 Å². The summed E-state index contributed by atoms with van der Waals surface area (Å²) in [6, 6.07) is 17.3. The van der Waals surface area contributed by atoms with Gasteiger partial charge in [0.1, 0.15) is 0 Å². The normalized spacial score (nSPS) is 10.1. The number of carbonyl (C=O) groups excluding carboxylic acids is 1. The number of ether oxygens (including phenoxy) is 1. The number of esters is 1. The van der Waals surface area contributed by atoms with E-state index in [1.165, 1.54) is 83.5 Å². The van der Waals surface area contributed by atoms with Crippen molar-refractivity contribution < 1.29 is 26.6 Å². The van der Waals surface area contributed by atoms with Gasteiger partial charge >= 0.3 is 0 Å². The second-order valence-corrected chi connectivity index (χ2v) is 8.70. The van der Waals surface area contributed by atoms with Crippen molar-refractivity contribution in [2.45, 2.75) is 89.9 Å². The SMILES string of the molecule is O=C(OCCCCCCCCCCCCCCCCBr)[c-]1cccc1.[Fe].c1cc[cH-]c1. The van der Waals surface area contributed by atoms with Crippen molar-refractivity contribution in [1.29, 1.82) is 0 Å². The Balaban J connectivity index is 0.00000131. The van der Waals surface area contributed by atoms with Crippen LogP contribution in [-0.2, 0) is 21.8 Å². The van der Waals surface area contributed by atoms with Crippen molar-refractivity contribution in [2.75, 3.05) is 11.9 Å². The predicted molar refractivity (Wildman–Crippen MR) is 133 cm³/mol. The van der Waals surface area contributed by atoms with E-state index in [0.29, 0.717) is 12.2 Å². The molecular weight excluding hydrogens is 492 g/mol. The van der Waals surface area contributed by atoms with Crippen molar-refractivity contribution in [1.82, 2.24) is 0 Å². The molecule has 2 aromatic carbocycles. The molecule has 0 fully saturated rings. The van der Waals surface area contributed by atoms with Gasteiger partial charge in [-0.05, 0) is 12.8 Å². The maximum absolute atomic E-state index is 11.6. The summed E-state index contributed by atoms with van der Waals surface area (Å²) in [4.78, 5) is 11.6. The third-order valence-corrected chi connectivity index (χ3v) is 5.78. The van der Waals surface area contributed by atoms with Crippen molar-refractivity contribution >= 4 is 21.9 Å². The zero-order chi connectivity index (χ0) is 21.5. The average Bonchev–Trinajstić information content (AvgIpc) is 3.50. The van der Waals surface area contributed by atoms with Crippen LogP contribution in [0.25, 0.3) is 0 Å². The zero-order valence-electron chi connectivity index (χ0n) is 19.1. The maximum Gasteiger partial charge on any atom is 0.281 e. The zero-order valence-corrected chi connectivity index (χ0v) is 21.7. The van der Waals surface area contributed by atoms with E-state index >= 15 is 0 Å². The summed E-state index contributed by atoms with van der Waals surface area (Å²) in [5.41, 5.74) is 0.666.